The standard InChI is InChI=1S/C12H17F9O3S.Na/c13-3-1-2-5(14)7(16)9(18)11(20)12(21)10(19)8(17)6(15)4-25(22,23)24;/h5-12H,1-4H2,(H,22,23,24);/q;+1/p-1. The van der Waals surface area contributed by atoms with Crippen LogP contribution in [-0.4, -0.2) is 74.8 Å². The number of alkyl halides is 9. The van der Waals surface area contributed by atoms with Crippen LogP contribution in [0.2, 0.25) is 0 Å². The van der Waals surface area contributed by atoms with Crippen molar-refractivity contribution in [2.24, 2.45) is 0 Å². The van der Waals surface area contributed by atoms with Crippen molar-refractivity contribution in [3.8, 4) is 0 Å². The first-order valence-corrected chi connectivity index (χ1v) is 8.53. The van der Waals surface area contributed by atoms with E-state index in [0.29, 0.717) is 0 Å². The molecule has 0 saturated heterocycles. The third-order valence-electron chi connectivity index (χ3n) is 3.19. The molecule has 0 aliphatic heterocycles. The Bertz CT molecular complexity index is 487. The van der Waals surface area contributed by atoms with Crippen LogP contribution in [-0.2, 0) is 10.1 Å². The Morgan fingerprint density at radius 3 is 1.38 bits per heavy atom. The molecule has 0 aromatic heterocycles. The molecular formula is C12H16F9NaO3S. The second kappa shape index (κ2) is 12.7. The molecule has 0 heterocycles. The Balaban J connectivity index is 0. The molecule has 152 valence electrons. The minimum absolute atomic E-state index is 0. The number of hydrogen-bond acceptors (Lipinski definition) is 3. The van der Waals surface area contributed by atoms with Crippen LogP contribution >= 0.6 is 0 Å². The molecule has 0 amide bonds. The van der Waals surface area contributed by atoms with E-state index in [9.17, 15) is 52.5 Å². The maximum Gasteiger partial charge on any atom is 1.00 e. The second-order valence-electron chi connectivity index (χ2n) is 5.25. The molecule has 8 atom stereocenters. The molecule has 0 aliphatic carbocycles. The third-order valence-corrected chi connectivity index (χ3v) is 3.92. The second-order valence-corrected chi connectivity index (χ2v) is 6.70. The van der Waals surface area contributed by atoms with Crippen LogP contribution in [0.3, 0.4) is 0 Å². The summed E-state index contributed by atoms with van der Waals surface area (Å²) in [6.07, 6.45) is -29.4. The summed E-state index contributed by atoms with van der Waals surface area (Å²) < 4.78 is 149. The molecule has 0 aromatic carbocycles. The van der Waals surface area contributed by atoms with E-state index in [-0.39, 0.29) is 29.6 Å². The maximum atomic E-state index is 13.4. The van der Waals surface area contributed by atoms with Gasteiger partial charge in [-0.25, -0.2) is 43.5 Å². The maximum absolute atomic E-state index is 13.4. The van der Waals surface area contributed by atoms with Crippen molar-refractivity contribution >= 4 is 10.1 Å². The molecule has 8 unspecified atom stereocenters. The fourth-order valence-corrected chi connectivity index (χ4v) is 2.39. The Hall–Kier alpha value is 0.280. The van der Waals surface area contributed by atoms with E-state index in [4.69, 9.17) is 0 Å². The first-order chi connectivity index (χ1) is 11.3. The smallest absolute Gasteiger partial charge is 0.748 e. The quantitative estimate of drug-likeness (QED) is 0.247. The first kappa shape index (κ1) is 28.5. The Labute approximate surface area is 166 Å². The number of hydrogen-bond donors (Lipinski definition) is 0. The molecule has 26 heavy (non-hydrogen) atoms. The largest absolute Gasteiger partial charge is 1.00 e. The van der Waals surface area contributed by atoms with E-state index in [2.05, 4.69) is 0 Å². The van der Waals surface area contributed by atoms with E-state index in [1.165, 1.54) is 0 Å². The minimum atomic E-state index is -5.36. The Morgan fingerprint density at radius 2 is 1.04 bits per heavy atom. The van der Waals surface area contributed by atoms with E-state index >= 15 is 0 Å². The van der Waals surface area contributed by atoms with Gasteiger partial charge in [0, 0.05) is 0 Å². The first-order valence-electron chi connectivity index (χ1n) is 6.95. The number of rotatable bonds is 12. The molecule has 0 fully saturated rings. The molecule has 0 saturated carbocycles. The summed E-state index contributed by atoms with van der Waals surface area (Å²) in [6, 6.07) is 0. The van der Waals surface area contributed by atoms with Crippen molar-refractivity contribution in [3.63, 3.8) is 0 Å². The molecule has 0 bridgehead atoms. The molecule has 14 heteroatoms. The van der Waals surface area contributed by atoms with Gasteiger partial charge in [0.2, 0.25) is 0 Å². The summed E-state index contributed by atoms with van der Waals surface area (Å²) in [5.74, 6) is -2.08. The molecule has 0 spiro atoms. The molecule has 0 rings (SSSR count). The summed E-state index contributed by atoms with van der Waals surface area (Å²) >= 11 is 0. The van der Waals surface area contributed by atoms with Crippen LogP contribution < -0.4 is 29.6 Å². The van der Waals surface area contributed by atoms with Gasteiger partial charge >= 0.3 is 29.6 Å². The summed E-state index contributed by atoms with van der Waals surface area (Å²) in [6.45, 7) is -1.09. The zero-order chi connectivity index (χ0) is 19.9. The summed E-state index contributed by atoms with van der Waals surface area (Å²) in [5, 5.41) is 0. The average Bonchev–Trinajstić information content (AvgIpc) is 2.53. The topological polar surface area (TPSA) is 57.2 Å². The zero-order valence-corrected chi connectivity index (χ0v) is 16.3. The summed E-state index contributed by atoms with van der Waals surface area (Å²) in [5.41, 5.74) is 0. The van der Waals surface area contributed by atoms with Gasteiger partial charge in [-0.3, -0.25) is 4.39 Å². The summed E-state index contributed by atoms with van der Waals surface area (Å²) in [4.78, 5) is 0. The van der Waals surface area contributed by atoms with Crippen molar-refractivity contribution in [1.29, 1.82) is 0 Å². The van der Waals surface area contributed by atoms with Crippen LogP contribution in [0.15, 0.2) is 0 Å². The van der Waals surface area contributed by atoms with Crippen LogP contribution in [0.25, 0.3) is 0 Å². The average molecular weight is 434 g/mol. The third kappa shape index (κ3) is 9.47. The molecule has 0 aliphatic rings. The van der Waals surface area contributed by atoms with Crippen LogP contribution in [0.4, 0.5) is 39.5 Å². The predicted octanol–water partition coefficient (Wildman–Crippen LogP) is -0.00990. The van der Waals surface area contributed by atoms with Gasteiger partial charge < -0.3 is 4.55 Å². The fraction of sp³-hybridized carbons (Fsp3) is 1.00. The zero-order valence-electron chi connectivity index (χ0n) is 13.5. The van der Waals surface area contributed by atoms with Crippen LogP contribution in [0.5, 0.6) is 0 Å². The number of halogens is 9. The van der Waals surface area contributed by atoms with Gasteiger partial charge in [0.1, 0.15) is 12.3 Å². The van der Waals surface area contributed by atoms with Gasteiger partial charge in [0.05, 0.1) is 22.5 Å². The van der Waals surface area contributed by atoms with Gasteiger partial charge in [-0.05, 0) is 12.8 Å². The molecular weight excluding hydrogens is 418 g/mol. The van der Waals surface area contributed by atoms with Crippen LogP contribution in [0, 0.1) is 0 Å². The van der Waals surface area contributed by atoms with Gasteiger partial charge in [-0.15, -0.1) is 0 Å². The summed E-state index contributed by atoms with van der Waals surface area (Å²) in [7, 11) is -5.36. The van der Waals surface area contributed by atoms with Crippen molar-refractivity contribution in [1.82, 2.24) is 0 Å². The van der Waals surface area contributed by atoms with Crippen molar-refractivity contribution < 1.29 is 82.0 Å². The van der Waals surface area contributed by atoms with Gasteiger partial charge in [-0.2, -0.15) is 0 Å². The Kier molecular flexibility index (Phi) is 13.9. The van der Waals surface area contributed by atoms with Crippen molar-refractivity contribution in [2.75, 3.05) is 12.4 Å². The Morgan fingerprint density at radius 1 is 0.692 bits per heavy atom. The monoisotopic (exact) mass is 434 g/mol. The fourth-order valence-electron chi connectivity index (χ4n) is 1.82. The molecule has 0 N–H and O–H groups in total. The normalized spacial score (nSPS) is 21.6. The predicted molar refractivity (Wildman–Crippen MR) is 68.9 cm³/mol. The molecule has 0 radical (unpaired) electrons. The molecule has 3 nitrogen and oxygen atoms in total. The van der Waals surface area contributed by atoms with Gasteiger partial charge in [0.15, 0.2) is 37.0 Å². The van der Waals surface area contributed by atoms with E-state index in [1.54, 1.807) is 0 Å². The van der Waals surface area contributed by atoms with Gasteiger partial charge in [0.25, 0.3) is 0 Å². The van der Waals surface area contributed by atoms with Crippen molar-refractivity contribution in [3.05, 3.63) is 0 Å². The SMILES string of the molecule is O=S(=O)([O-])CC(F)C(F)C(F)C(F)C(F)C(F)C(F)C(F)CCCF.[Na+]. The van der Waals surface area contributed by atoms with Gasteiger partial charge in [-0.1, -0.05) is 0 Å². The minimum Gasteiger partial charge on any atom is -0.748 e. The van der Waals surface area contributed by atoms with E-state index in [0.717, 1.165) is 0 Å². The van der Waals surface area contributed by atoms with E-state index in [1.807, 2.05) is 0 Å². The van der Waals surface area contributed by atoms with Crippen LogP contribution in [0.1, 0.15) is 12.8 Å². The molecule has 0 aromatic rings. The van der Waals surface area contributed by atoms with Crippen molar-refractivity contribution in [2.45, 2.75) is 62.2 Å². The van der Waals surface area contributed by atoms with E-state index < -0.39 is 84.8 Å².